The van der Waals surface area contributed by atoms with Gasteiger partial charge < -0.3 is 14.9 Å². The largest absolute Gasteiger partial charge is 0.481 e. The molecule has 25 heavy (non-hydrogen) atoms. The standard InChI is InChI=1S/C19H25N3O3/c1-12-2-3-16(20-10-12)21-7-4-13(5-8-21)18(23)22-9-6-14-15(11-22)17(14)19(24)25/h2-3,10,13-15,17H,4-9,11H2,1H3,(H,24,25)/t14-,15+,17-/m0/s1. The molecule has 1 amide bonds. The van der Waals surface area contributed by atoms with Crippen LogP contribution in [0, 0.1) is 30.6 Å². The molecule has 1 N–H and O–H groups in total. The topological polar surface area (TPSA) is 73.7 Å². The first-order valence-electron chi connectivity index (χ1n) is 9.24. The number of hydrogen-bond acceptors (Lipinski definition) is 4. The number of carboxylic acid groups (broad SMARTS) is 1. The first-order chi connectivity index (χ1) is 12.0. The van der Waals surface area contributed by atoms with E-state index in [4.69, 9.17) is 0 Å². The fourth-order valence-electron chi connectivity index (χ4n) is 4.57. The number of nitrogens with zero attached hydrogens (tertiary/aromatic N) is 3. The lowest BCUT2D eigenvalue weighted by Crippen LogP contribution is -2.45. The second kappa shape index (κ2) is 6.32. The van der Waals surface area contributed by atoms with Gasteiger partial charge in [-0.05, 0) is 49.7 Å². The van der Waals surface area contributed by atoms with Gasteiger partial charge in [-0.15, -0.1) is 0 Å². The molecule has 6 nitrogen and oxygen atoms in total. The number of carbonyl (C=O) groups is 2. The number of rotatable bonds is 3. The van der Waals surface area contributed by atoms with Crippen molar-refractivity contribution >= 4 is 17.7 Å². The normalized spacial score (nSPS) is 29.2. The molecule has 4 rings (SSSR count). The number of carbonyl (C=O) groups excluding carboxylic acids is 1. The minimum absolute atomic E-state index is 0.0697. The van der Waals surface area contributed by atoms with E-state index < -0.39 is 5.97 Å². The van der Waals surface area contributed by atoms with Gasteiger partial charge in [0.05, 0.1) is 5.92 Å². The van der Waals surface area contributed by atoms with E-state index in [0.29, 0.717) is 12.5 Å². The summed E-state index contributed by atoms with van der Waals surface area (Å²) in [5.41, 5.74) is 1.15. The Bertz CT molecular complexity index is 667. The van der Waals surface area contributed by atoms with Crippen molar-refractivity contribution in [2.24, 2.45) is 23.7 Å². The summed E-state index contributed by atoms with van der Waals surface area (Å²) < 4.78 is 0. The molecule has 1 aromatic heterocycles. The van der Waals surface area contributed by atoms with Gasteiger partial charge in [-0.1, -0.05) is 6.07 Å². The van der Waals surface area contributed by atoms with E-state index in [9.17, 15) is 14.7 Å². The summed E-state index contributed by atoms with van der Waals surface area (Å²) in [6.07, 6.45) is 4.42. The molecule has 0 spiro atoms. The molecule has 0 unspecified atom stereocenters. The molecule has 6 heteroatoms. The predicted molar refractivity (Wildman–Crippen MR) is 93.2 cm³/mol. The highest BCUT2D eigenvalue weighted by molar-refractivity contribution is 5.80. The lowest BCUT2D eigenvalue weighted by Gasteiger charge is -2.36. The van der Waals surface area contributed by atoms with Crippen LogP contribution in [0.3, 0.4) is 0 Å². The minimum atomic E-state index is -0.691. The Kier molecular flexibility index (Phi) is 4.13. The lowest BCUT2D eigenvalue weighted by molar-refractivity contribution is -0.140. The van der Waals surface area contributed by atoms with Crippen LogP contribution in [-0.4, -0.2) is 53.0 Å². The van der Waals surface area contributed by atoms with Crippen LogP contribution in [0.25, 0.3) is 0 Å². The summed E-state index contributed by atoms with van der Waals surface area (Å²) in [6, 6.07) is 4.11. The van der Waals surface area contributed by atoms with Gasteiger partial charge in [0.15, 0.2) is 0 Å². The Hall–Kier alpha value is -2.11. The second-order valence-corrected chi connectivity index (χ2v) is 7.72. The SMILES string of the molecule is Cc1ccc(N2CCC(C(=O)N3CC[C@H]4[C@@H](C3)[C@H]4C(=O)O)CC2)nc1. The van der Waals surface area contributed by atoms with Crippen molar-refractivity contribution in [1.82, 2.24) is 9.88 Å². The average Bonchev–Trinajstić information content (AvgIpc) is 3.35. The zero-order valence-electron chi connectivity index (χ0n) is 14.6. The van der Waals surface area contributed by atoms with Gasteiger partial charge in [0.1, 0.15) is 5.82 Å². The summed E-state index contributed by atoms with van der Waals surface area (Å²) >= 11 is 0. The second-order valence-electron chi connectivity index (χ2n) is 7.72. The number of likely N-dealkylation sites (tertiary alicyclic amines) is 1. The van der Waals surface area contributed by atoms with Gasteiger partial charge in [0.25, 0.3) is 0 Å². The van der Waals surface area contributed by atoms with Gasteiger partial charge in [-0.25, -0.2) is 4.98 Å². The van der Waals surface area contributed by atoms with Crippen molar-refractivity contribution in [3.8, 4) is 0 Å². The van der Waals surface area contributed by atoms with Crippen molar-refractivity contribution in [3.05, 3.63) is 23.9 Å². The van der Waals surface area contributed by atoms with Crippen molar-refractivity contribution in [1.29, 1.82) is 0 Å². The number of aliphatic carboxylic acids is 1. The van der Waals surface area contributed by atoms with Crippen LogP contribution < -0.4 is 4.90 Å². The number of pyridine rings is 1. The molecule has 1 saturated carbocycles. The van der Waals surface area contributed by atoms with Crippen molar-refractivity contribution in [2.45, 2.75) is 26.2 Å². The Morgan fingerprint density at radius 2 is 1.88 bits per heavy atom. The fraction of sp³-hybridized carbons (Fsp3) is 0.632. The van der Waals surface area contributed by atoms with Crippen LogP contribution in [-0.2, 0) is 9.59 Å². The molecule has 0 bridgehead atoms. The zero-order valence-corrected chi connectivity index (χ0v) is 14.6. The highest BCUT2D eigenvalue weighted by Gasteiger charge is 2.57. The van der Waals surface area contributed by atoms with Gasteiger partial charge in [-0.3, -0.25) is 9.59 Å². The Balaban J connectivity index is 1.31. The van der Waals surface area contributed by atoms with Crippen molar-refractivity contribution < 1.29 is 14.7 Å². The smallest absolute Gasteiger partial charge is 0.307 e. The van der Waals surface area contributed by atoms with Crippen LogP contribution >= 0.6 is 0 Å². The van der Waals surface area contributed by atoms with E-state index >= 15 is 0 Å². The van der Waals surface area contributed by atoms with E-state index in [1.807, 2.05) is 24.1 Å². The molecule has 3 aliphatic rings. The molecule has 3 fully saturated rings. The van der Waals surface area contributed by atoms with Crippen LogP contribution in [0.5, 0.6) is 0 Å². The Morgan fingerprint density at radius 1 is 1.12 bits per heavy atom. The predicted octanol–water partition coefficient (Wildman–Crippen LogP) is 1.79. The van der Waals surface area contributed by atoms with Crippen molar-refractivity contribution in [2.75, 3.05) is 31.1 Å². The van der Waals surface area contributed by atoms with E-state index in [-0.39, 0.29) is 23.7 Å². The minimum Gasteiger partial charge on any atom is -0.481 e. The average molecular weight is 343 g/mol. The fourth-order valence-corrected chi connectivity index (χ4v) is 4.57. The monoisotopic (exact) mass is 343 g/mol. The molecule has 3 atom stereocenters. The van der Waals surface area contributed by atoms with E-state index in [1.165, 1.54) is 0 Å². The number of carboxylic acids is 1. The third-order valence-corrected chi connectivity index (χ3v) is 6.16. The van der Waals surface area contributed by atoms with Gasteiger partial charge in [0, 0.05) is 38.3 Å². The van der Waals surface area contributed by atoms with Gasteiger partial charge in [0.2, 0.25) is 5.91 Å². The summed E-state index contributed by atoms with van der Waals surface area (Å²) in [7, 11) is 0. The maximum atomic E-state index is 12.8. The molecule has 2 aliphatic heterocycles. The summed E-state index contributed by atoms with van der Waals surface area (Å²) in [5.74, 6) is 0.865. The third kappa shape index (κ3) is 3.10. The van der Waals surface area contributed by atoms with E-state index in [1.54, 1.807) is 0 Å². The quantitative estimate of drug-likeness (QED) is 0.906. The Labute approximate surface area is 147 Å². The van der Waals surface area contributed by atoms with Crippen LogP contribution in [0.15, 0.2) is 18.3 Å². The number of hydrogen-bond donors (Lipinski definition) is 1. The van der Waals surface area contributed by atoms with E-state index in [0.717, 1.165) is 50.3 Å². The Morgan fingerprint density at radius 3 is 2.52 bits per heavy atom. The molecule has 0 aromatic carbocycles. The number of fused-ring (bicyclic) bond motifs is 1. The highest BCUT2D eigenvalue weighted by atomic mass is 16.4. The first-order valence-corrected chi connectivity index (χ1v) is 9.24. The number of amides is 1. The maximum Gasteiger partial charge on any atom is 0.307 e. The van der Waals surface area contributed by atoms with Crippen LogP contribution in [0.1, 0.15) is 24.8 Å². The van der Waals surface area contributed by atoms with Gasteiger partial charge in [-0.2, -0.15) is 0 Å². The summed E-state index contributed by atoms with van der Waals surface area (Å²) in [4.78, 5) is 32.7. The highest BCUT2D eigenvalue weighted by Crippen LogP contribution is 2.51. The molecular formula is C19H25N3O3. The van der Waals surface area contributed by atoms with Crippen molar-refractivity contribution in [3.63, 3.8) is 0 Å². The lowest BCUT2D eigenvalue weighted by atomic mass is 9.94. The number of aromatic nitrogens is 1. The number of piperidine rings is 2. The molecule has 134 valence electrons. The maximum absolute atomic E-state index is 12.8. The summed E-state index contributed by atoms with van der Waals surface area (Å²) in [6.45, 7) is 5.09. The van der Waals surface area contributed by atoms with Crippen LogP contribution in [0.2, 0.25) is 0 Å². The molecule has 0 radical (unpaired) electrons. The van der Waals surface area contributed by atoms with Crippen LogP contribution in [0.4, 0.5) is 5.82 Å². The molecular weight excluding hydrogens is 318 g/mol. The first kappa shape index (κ1) is 16.4. The number of anilines is 1. The van der Waals surface area contributed by atoms with Gasteiger partial charge >= 0.3 is 5.97 Å². The zero-order chi connectivity index (χ0) is 17.6. The number of aryl methyl sites for hydroxylation is 1. The van der Waals surface area contributed by atoms with E-state index in [2.05, 4.69) is 16.0 Å². The summed E-state index contributed by atoms with van der Waals surface area (Å²) in [5, 5.41) is 9.20. The molecule has 3 heterocycles. The molecule has 2 saturated heterocycles. The molecule has 1 aromatic rings. The molecule has 1 aliphatic carbocycles. The third-order valence-electron chi connectivity index (χ3n) is 6.16.